The van der Waals surface area contributed by atoms with Crippen molar-refractivity contribution in [2.45, 2.75) is 12.1 Å². The summed E-state index contributed by atoms with van der Waals surface area (Å²) in [4.78, 5) is 16.0. The number of aromatic amines is 1. The summed E-state index contributed by atoms with van der Waals surface area (Å²) in [5.41, 5.74) is 2.24. The van der Waals surface area contributed by atoms with E-state index in [1.165, 1.54) is 23.0 Å². The van der Waals surface area contributed by atoms with Gasteiger partial charge in [-0.3, -0.25) is 0 Å². The van der Waals surface area contributed by atoms with Crippen LogP contribution in [0.3, 0.4) is 0 Å². The van der Waals surface area contributed by atoms with Crippen LogP contribution in [0.5, 0.6) is 0 Å². The summed E-state index contributed by atoms with van der Waals surface area (Å²) in [6.45, 7) is 0.224. The Labute approximate surface area is 162 Å². The van der Waals surface area contributed by atoms with Crippen molar-refractivity contribution in [3.63, 3.8) is 0 Å². The molecular formula is C19H15F3N6O. The number of H-pyrrole nitrogens is 1. The van der Waals surface area contributed by atoms with E-state index in [9.17, 15) is 13.2 Å². The van der Waals surface area contributed by atoms with Gasteiger partial charge >= 0.3 is 6.18 Å². The van der Waals surface area contributed by atoms with Gasteiger partial charge in [-0.05, 0) is 23.8 Å². The Balaban J connectivity index is 1.42. The van der Waals surface area contributed by atoms with E-state index >= 15 is 0 Å². The lowest BCUT2D eigenvalue weighted by molar-refractivity contribution is -0.191. The second-order valence-electron chi connectivity index (χ2n) is 6.90. The first-order valence-electron chi connectivity index (χ1n) is 8.95. The number of nitrogens with zero attached hydrogens (tertiary/aromatic N) is 5. The van der Waals surface area contributed by atoms with E-state index in [1.807, 2.05) is 6.07 Å². The Morgan fingerprint density at radius 3 is 2.66 bits per heavy atom. The highest BCUT2D eigenvalue weighted by atomic mass is 19.4. The SMILES string of the molecule is FC(F)(F)[C@@H](c1ccc(-n2cc(-c3nc4cccnc4[nH]3)cn2)nc1)C1COC1. The van der Waals surface area contributed by atoms with Crippen LogP contribution in [0.15, 0.2) is 49.1 Å². The normalized spacial score (nSPS) is 16.1. The van der Waals surface area contributed by atoms with Crippen molar-refractivity contribution >= 4 is 11.2 Å². The van der Waals surface area contributed by atoms with Gasteiger partial charge < -0.3 is 9.72 Å². The van der Waals surface area contributed by atoms with Crippen LogP contribution in [0.2, 0.25) is 0 Å². The van der Waals surface area contributed by atoms with Gasteiger partial charge in [0.15, 0.2) is 11.5 Å². The van der Waals surface area contributed by atoms with Gasteiger partial charge in [-0.25, -0.2) is 19.6 Å². The Kier molecular flexibility index (Phi) is 4.09. The Bertz CT molecular complexity index is 1110. The lowest BCUT2D eigenvalue weighted by atomic mass is 9.85. The lowest BCUT2D eigenvalue weighted by Gasteiger charge is -2.35. The van der Waals surface area contributed by atoms with Gasteiger partial charge in [0, 0.05) is 24.5 Å². The highest BCUT2D eigenvalue weighted by Gasteiger charge is 2.48. The molecule has 10 heteroatoms. The number of aromatic nitrogens is 6. The van der Waals surface area contributed by atoms with E-state index in [0.717, 1.165) is 5.52 Å². The Hall–Kier alpha value is -3.27. The van der Waals surface area contributed by atoms with Gasteiger partial charge in [-0.2, -0.15) is 18.3 Å². The zero-order chi connectivity index (χ0) is 20.0. The fourth-order valence-corrected chi connectivity index (χ4v) is 3.44. The smallest absolute Gasteiger partial charge is 0.381 e. The van der Waals surface area contributed by atoms with E-state index in [2.05, 4.69) is 25.0 Å². The maximum atomic E-state index is 13.5. The molecule has 0 bridgehead atoms. The minimum Gasteiger partial charge on any atom is -0.381 e. The summed E-state index contributed by atoms with van der Waals surface area (Å²) in [5, 5.41) is 4.25. The number of ether oxygens (including phenoxy) is 1. The maximum Gasteiger partial charge on any atom is 0.396 e. The molecule has 4 aromatic rings. The molecule has 0 spiro atoms. The van der Waals surface area contributed by atoms with E-state index in [-0.39, 0.29) is 18.8 Å². The van der Waals surface area contributed by atoms with Gasteiger partial charge in [0.05, 0.1) is 30.9 Å². The lowest BCUT2D eigenvalue weighted by Crippen LogP contribution is -2.40. The molecule has 0 saturated carbocycles. The van der Waals surface area contributed by atoms with Gasteiger partial charge in [-0.1, -0.05) is 6.07 Å². The summed E-state index contributed by atoms with van der Waals surface area (Å²) in [7, 11) is 0. The number of hydrogen-bond acceptors (Lipinski definition) is 5. The third-order valence-electron chi connectivity index (χ3n) is 4.96. The van der Waals surface area contributed by atoms with Crippen molar-refractivity contribution in [1.29, 1.82) is 0 Å². The van der Waals surface area contributed by atoms with Crippen molar-refractivity contribution in [3.8, 4) is 17.2 Å². The summed E-state index contributed by atoms with van der Waals surface area (Å²) in [5.74, 6) is -1.13. The van der Waals surface area contributed by atoms with Gasteiger partial charge in [0.2, 0.25) is 0 Å². The van der Waals surface area contributed by atoms with Crippen molar-refractivity contribution < 1.29 is 17.9 Å². The Morgan fingerprint density at radius 1 is 1.14 bits per heavy atom. The number of imidazole rings is 1. The van der Waals surface area contributed by atoms with Crippen LogP contribution in [-0.4, -0.2) is 49.1 Å². The molecule has 1 atom stereocenters. The standard InChI is InChI=1S/C19H15F3N6O/c20-19(21,22)16(13-9-29-10-13)11-3-4-15(24-6-11)28-8-12(7-25-28)17-26-14-2-1-5-23-18(14)27-17/h1-8,13,16H,9-10H2,(H,23,26,27)/t16-/m0/s1. The second kappa shape index (κ2) is 6.66. The molecule has 5 rings (SSSR count). The molecule has 1 fully saturated rings. The molecule has 148 valence electrons. The zero-order valence-corrected chi connectivity index (χ0v) is 15.0. The summed E-state index contributed by atoms with van der Waals surface area (Å²) >= 11 is 0. The third kappa shape index (κ3) is 3.25. The van der Waals surface area contributed by atoms with Gasteiger partial charge in [0.25, 0.3) is 0 Å². The first kappa shape index (κ1) is 17.8. The number of alkyl halides is 3. The van der Waals surface area contributed by atoms with E-state index in [4.69, 9.17) is 4.74 Å². The van der Waals surface area contributed by atoms with E-state index in [0.29, 0.717) is 22.9 Å². The number of rotatable bonds is 4. The molecule has 0 aliphatic carbocycles. The highest BCUT2D eigenvalue weighted by molar-refractivity contribution is 5.75. The molecule has 1 aliphatic heterocycles. The average molecular weight is 400 g/mol. The van der Waals surface area contributed by atoms with E-state index in [1.54, 1.807) is 24.7 Å². The van der Waals surface area contributed by atoms with Crippen molar-refractivity contribution in [1.82, 2.24) is 29.7 Å². The number of pyridine rings is 2. The quantitative estimate of drug-likeness (QED) is 0.567. The maximum absolute atomic E-state index is 13.5. The number of nitrogens with one attached hydrogen (secondary N) is 1. The Morgan fingerprint density at radius 2 is 2.00 bits per heavy atom. The molecule has 0 aromatic carbocycles. The molecular weight excluding hydrogens is 385 g/mol. The van der Waals surface area contributed by atoms with Crippen LogP contribution < -0.4 is 0 Å². The number of halogens is 3. The fourth-order valence-electron chi connectivity index (χ4n) is 3.44. The first-order valence-corrected chi connectivity index (χ1v) is 8.95. The number of hydrogen-bond donors (Lipinski definition) is 1. The average Bonchev–Trinajstić information content (AvgIpc) is 3.30. The summed E-state index contributed by atoms with van der Waals surface area (Å²) in [6, 6.07) is 6.62. The molecule has 1 aliphatic rings. The second-order valence-corrected chi connectivity index (χ2v) is 6.90. The predicted octanol–water partition coefficient (Wildman–Crippen LogP) is 3.50. The minimum absolute atomic E-state index is 0.112. The van der Waals surface area contributed by atoms with Crippen LogP contribution in [0.25, 0.3) is 28.4 Å². The van der Waals surface area contributed by atoms with Gasteiger partial charge in [-0.15, -0.1) is 0 Å². The highest BCUT2D eigenvalue weighted by Crippen LogP contribution is 2.43. The van der Waals surface area contributed by atoms with Crippen LogP contribution in [0.1, 0.15) is 11.5 Å². The third-order valence-corrected chi connectivity index (χ3v) is 4.96. The van der Waals surface area contributed by atoms with Crippen LogP contribution >= 0.6 is 0 Å². The van der Waals surface area contributed by atoms with Crippen LogP contribution in [0, 0.1) is 5.92 Å². The molecule has 5 heterocycles. The summed E-state index contributed by atoms with van der Waals surface area (Å²) < 4.78 is 46.8. The zero-order valence-electron chi connectivity index (χ0n) is 15.0. The largest absolute Gasteiger partial charge is 0.396 e. The van der Waals surface area contributed by atoms with Crippen molar-refractivity contribution in [3.05, 3.63) is 54.6 Å². The van der Waals surface area contributed by atoms with Crippen molar-refractivity contribution in [2.75, 3.05) is 13.2 Å². The topological polar surface area (TPSA) is 81.5 Å². The number of fused-ring (bicyclic) bond motifs is 1. The molecule has 0 amide bonds. The molecule has 1 N–H and O–H groups in total. The molecule has 7 nitrogen and oxygen atoms in total. The van der Waals surface area contributed by atoms with E-state index < -0.39 is 18.0 Å². The summed E-state index contributed by atoms with van der Waals surface area (Å²) in [6.07, 6.45) is 1.91. The van der Waals surface area contributed by atoms with Gasteiger partial charge in [0.1, 0.15) is 11.3 Å². The van der Waals surface area contributed by atoms with Crippen LogP contribution in [0.4, 0.5) is 13.2 Å². The predicted molar refractivity (Wildman–Crippen MR) is 97.3 cm³/mol. The first-order chi connectivity index (χ1) is 14.0. The van der Waals surface area contributed by atoms with Crippen molar-refractivity contribution in [2.24, 2.45) is 5.92 Å². The fraction of sp³-hybridized carbons (Fsp3) is 0.263. The molecule has 0 unspecified atom stereocenters. The molecule has 29 heavy (non-hydrogen) atoms. The molecule has 0 radical (unpaired) electrons. The minimum atomic E-state index is -4.34. The van der Waals surface area contributed by atoms with Crippen LogP contribution in [-0.2, 0) is 4.74 Å². The molecule has 4 aromatic heterocycles. The molecule has 1 saturated heterocycles. The monoisotopic (exact) mass is 400 g/mol.